The van der Waals surface area contributed by atoms with E-state index in [1.807, 2.05) is 23.1 Å². The van der Waals surface area contributed by atoms with Gasteiger partial charge in [0.15, 0.2) is 11.5 Å². The molecule has 2 aromatic rings. The molecular weight excluding hydrogens is 390 g/mol. The Morgan fingerprint density at radius 2 is 1.71 bits per heavy atom. The normalized spacial score (nSPS) is 20.5. The fourth-order valence-electron chi connectivity index (χ4n) is 4.83. The molecule has 0 radical (unpaired) electrons. The van der Waals surface area contributed by atoms with Crippen LogP contribution in [-0.4, -0.2) is 80.1 Å². The number of hydrogen-bond acceptors (Lipinski definition) is 5. The highest BCUT2D eigenvalue weighted by atomic mass is 16.5. The molecule has 31 heavy (non-hydrogen) atoms. The summed E-state index contributed by atoms with van der Waals surface area (Å²) in [6, 6.07) is 16.8. The van der Waals surface area contributed by atoms with Gasteiger partial charge in [-0.15, -0.1) is 0 Å². The van der Waals surface area contributed by atoms with Gasteiger partial charge in [-0.2, -0.15) is 0 Å². The number of para-hydroxylation sites is 1. The van der Waals surface area contributed by atoms with Gasteiger partial charge in [0.2, 0.25) is 0 Å². The number of benzene rings is 2. The molecule has 2 heterocycles. The molecule has 0 saturated carbocycles. The average molecular weight is 424 g/mol. The minimum atomic E-state index is 0.0183. The zero-order valence-corrected chi connectivity index (χ0v) is 18.6. The fourth-order valence-corrected chi connectivity index (χ4v) is 4.83. The van der Waals surface area contributed by atoms with Gasteiger partial charge in [0.1, 0.15) is 0 Å². The molecule has 166 valence electrons. The molecular formula is C25H33N3O3. The van der Waals surface area contributed by atoms with E-state index in [-0.39, 0.29) is 5.91 Å². The third kappa shape index (κ3) is 5.02. The van der Waals surface area contributed by atoms with Gasteiger partial charge in [0, 0.05) is 45.3 Å². The van der Waals surface area contributed by atoms with Gasteiger partial charge < -0.3 is 14.4 Å². The molecule has 0 aliphatic carbocycles. The Balaban J connectivity index is 1.34. The van der Waals surface area contributed by atoms with Crippen LogP contribution in [0.4, 0.5) is 0 Å². The van der Waals surface area contributed by atoms with E-state index in [1.165, 1.54) is 24.9 Å². The quantitative estimate of drug-likeness (QED) is 0.714. The molecule has 4 rings (SSSR count). The molecule has 6 heteroatoms. The Bertz CT molecular complexity index is 866. The second-order valence-electron chi connectivity index (χ2n) is 8.39. The zero-order valence-electron chi connectivity index (χ0n) is 18.6. The maximum absolute atomic E-state index is 13.1. The lowest BCUT2D eigenvalue weighted by Crippen LogP contribution is -2.55. The van der Waals surface area contributed by atoms with Crippen LogP contribution in [0.15, 0.2) is 48.5 Å². The maximum Gasteiger partial charge on any atom is 0.257 e. The summed E-state index contributed by atoms with van der Waals surface area (Å²) in [7, 11) is 3.17. The lowest BCUT2D eigenvalue weighted by molar-refractivity contribution is 0.0403. The number of nitrogens with zero attached hydrogens (tertiary/aromatic N) is 3. The van der Waals surface area contributed by atoms with Crippen molar-refractivity contribution in [2.45, 2.75) is 25.4 Å². The Morgan fingerprint density at radius 1 is 0.935 bits per heavy atom. The topological polar surface area (TPSA) is 45.2 Å². The lowest BCUT2D eigenvalue weighted by Gasteiger charge is -2.43. The summed E-state index contributed by atoms with van der Waals surface area (Å²) in [4.78, 5) is 20.2. The fraction of sp³-hybridized carbons (Fsp3) is 0.480. The van der Waals surface area contributed by atoms with Crippen molar-refractivity contribution in [2.75, 3.05) is 53.5 Å². The molecule has 0 unspecified atom stereocenters. The number of carbonyl (C=O) groups is 1. The predicted molar refractivity (Wildman–Crippen MR) is 122 cm³/mol. The first-order valence-corrected chi connectivity index (χ1v) is 11.2. The number of likely N-dealkylation sites (tertiary alicyclic amines) is 1. The van der Waals surface area contributed by atoms with Crippen LogP contribution in [0.2, 0.25) is 0 Å². The van der Waals surface area contributed by atoms with Gasteiger partial charge in [-0.05, 0) is 37.1 Å². The molecule has 2 saturated heterocycles. The number of amides is 1. The van der Waals surface area contributed by atoms with Gasteiger partial charge in [-0.3, -0.25) is 14.6 Å². The summed E-state index contributed by atoms with van der Waals surface area (Å²) in [5, 5.41) is 0. The van der Waals surface area contributed by atoms with E-state index < -0.39 is 0 Å². The van der Waals surface area contributed by atoms with E-state index in [2.05, 4.69) is 40.1 Å². The third-order valence-electron chi connectivity index (χ3n) is 6.48. The van der Waals surface area contributed by atoms with Crippen molar-refractivity contribution in [3.8, 4) is 11.5 Å². The van der Waals surface area contributed by atoms with Crippen LogP contribution in [0.1, 0.15) is 28.8 Å². The summed E-state index contributed by atoms with van der Waals surface area (Å²) >= 11 is 0. The molecule has 1 amide bonds. The smallest absolute Gasteiger partial charge is 0.257 e. The van der Waals surface area contributed by atoms with Crippen molar-refractivity contribution < 1.29 is 14.3 Å². The van der Waals surface area contributed by atoms with Crippen LogP contribution in [0.5, 0.6) is 11.5 Å². The highest BCUT2D eigenvalue weighted by Crippen LogP contribution is 2.32. The van der Waals surface area contributed by atoms with Gasteiger partial charge in [-0.1, -0.05) is 36.4 Å². The number of piperidine rings is 1. The second kappa shape index (κ2) is 10.2. The predicted octanol–water partition coefficient (Wildman–Crippen LogP) is 3.13. The van der Waals surface area contributed by atoms with Crippen LogP contribution < -0.4 is 9.47 Å². The molecule has 2 aliphatic rings. The molecule has 0 spiro atoms. The van der Waals surface area contributed by atoms with Crippen molar-refractivity contribution in [1.82, 2.24) is 14.7 Å². The van der Waals surface area contributed by atoms with E-state index in [4.69, 9.17) is 9.47 Å². The Morgan fingerprint density at radius 3 is 2.42 bits per heavy atom. The number of ether oxygens (including phenoxy) is 2. The first kappa shape index (κ1) is 21.7. The second-order valence-corrected chi connectivity index (χ2v) is 8.39. The monoisotopic (exact) mass is 423 g/mol. The molecule has 2 aliphatic heterocycles. The van der Waals surface area contributed by atoms with Gasteiger partial charge in [0.05, 0.1) is 19.8 Å². The minimum absolute atomic E-state index is 0.0183. The maximum atomic E-state index is 13.1. The van der Waals surface area contributed by atoms with Crippen LogP contribution >= 0.6 is 0 Å². The van der Waals surface area contributed by atoms with E-state index in [1.54, 1.807) is 14.2 Å². The van der Waals surface area contributed by atoms with E-state index >= 15 is 0 Å². The van der Waals surface area contributed by atoms with E-state index in [0.29, 0.717) is 23.1 Å². The lowest BCUT2D eigenvalue weighted by atomic mass is 10.0. The van der Waals surface area contributed by atoms with E-state index in [0.717, 1.165) is 39.3 Å². The number of carbonyl (C=O) groups excluding carboxylic acids is 1. The number of piperazine rings is 1. The highest BCUT2D eigenvalue weighted by Gasteiger charge is 2.30. The van der Waals surface area contributed by atoms with Crippen LogP contribution in [-0.2, 0) is 6.54 Å². The summed E-state index contributed by atoms with van der Waals surface area (Å²) in [5.41, 5.74) is 1.95. The van der Waals surface area contributed by atoms with Gasteiger partial charge in [-0.25, -0.2) is 0 Å². The molecule has 0 bridgehead atoms. The number of hydrogen-bond donors (Lipinski definition) is 0. The Kier molecular flexibility index (Phi) is 7.10. The SMILES string of the molecule is COc1cccc(C(=O)N2CCN([C@@H]3CCCN(Cc4ccccc4)C3)CC2)c1OC. The summed E-state index contributed by atoms with van der Waals surface area (Å²) in [6.07, 6.45) is 2.47. The first-order chi connectivity index (χ1) is 15.2. The van der Waals surface area contributed by atoms with Crippen molar-refractivity contribution in [3.63, 3.8) is 0 Å². The van der Waals surface area contributed by atoms with Crippen molar-refractivity contribution in [1.29, 1.82) is 0 Å². The van der Waals surface area contributed by atoms with Gasteiger partial charge >= 0.3 is 0 Å². The van der Waals surface area contributed by atoms with Crippen molar-refractivity contribution in [3.05, 3.63) is 59.7 Å². The van der Waals surface area contributed by atoms with Crippen LogP contribution in [0.25, 0.3) is 0 Å². The number of methoxy groups -OCH3 is 2. The number of rotatable bonds is 6. The molecule has 2 aromatic carbocycles. The summed E-state index contributed by atoms with van der Waals surface area (Å²) in [5.74, 6) is 1.12. The Labute approximate surface area is 185 Å². The van der Waals surface area contributed by atoms with Crippen molar-refractivity contribution in [2.24, 2.45) is 0 Å². The third-order valence-corrected chi connectivity index (χ3v) is 6.48. The summed E-state index contributed by atoms with van der Waals surface area (Å²) < 4.78 is 10.8. The minimum Gasteiger partial charge on any atom is -0.493 e. The molecule has 0 N–H and O–H groups in total. The largest absolute Gasteiger partial charge is 0.493 e. The highest BCUT2D eigenvalue weighted by molar-refractivity contribution is 5.97. The molecule has 2 fully saturated rings. The summed E-state index contributed by atoms with van der Waals surface area (Å²) in [6.45, 7) is 6.62. The Hall–Kier alpha value is -2.57. The molecule has 0 aromatic heterocycles. The molecule has 6 nitrogen and oxygen atoms in total. The molecule has 1 atom stereocenters. The van der Waals surface area contributed by atoms with Crippen LogP contribution in [0.3, 0.4) is 0 Å². The van der Waals surface area contributed by atoms with Crippen LogP contribution in [0, 0.1) is 0 Å². The first-order valence-electron chi connectivity index (χ1n) is 11.2. The van der Waals surface area contributed by atoms with Gasteiger partial charge in [0.25, 0.3) is 5.91 Å². The van der Waals surface area contributed by atoms with Crippen molar-refractivity contribution >= 4 is 5.91 Å². The zero-order chi connectivity index (χ0) is 21.6. The standard InChI is InChI=1S/C25H33N3O3/c1-30-23-12-6-11-22(24(23)31-2)25(29)28-16-14-27(15-17-28)21-10-7-13-26(19-21)18-20-8-4-3-5-9-20/h3-6,8-9,11-12,21H,7,10,13-19H2,1-2H3/t21-/m1/s1. The van der Waals surface area contributed by atoms with E-state index in [9.17, 15) is 4.79 Å². The average Bonchev–Trinajstić information content (AvgIpc) is 2.84.